The highest BCUT2D eigenvalue weighted by atomic mass is 32.2. The van der Waals surface area contributed by atoms with Crippen LogP contribution in [0.5, 0.6) is 0 Å². The van der Waals surface area contributed by atoms with Crippen LogP contribution in [0.1, 0.15) is 70.6 Å². The Morgan fingerprint density at radius 3 is 1.65 bits per heavy atom. The molecule has 1 aliphatic rings. The summed E-state index contributed by atoms with van der Waals surface area (Å²) < 4.78 is 0.307. The van der Waals surface area contributed by atoms with Gasteiger partial charge >= 0.3 is 0 Å². The lowest BCUT2D eigenvalue weighted by Gasteiger charge is -2.15. The summed E-state index contributed by atoms with van der Waals surface area (Å²) in [7, 11) is 0. The summed E-state index contributed by atoms with van der Waals surface area (Å²) >= 11 is 2.97. The minimum absolute atomic E-state index is 0.307. The van der Waals surface area contributed by atoms with E-state index in [2.05, 4.69) is 0 Å². The molecule has 1 nitrogen and oxygen atoms in total. The second-order valence-corrected chi connectivity index (χ2v) is 7.26. The zero-order chi connectivity index (χ0) is 12.3. The third kappa shape index (κ3) is 8.15. The molecule has 0 aliphatic heterocycles. The minimum Gasteiger partial charge on any atom is -0.274 e. The lowest BCUT2D eigenvalue weighted by Crippen LogP contribution is -2.05. The zero-order valence-corrected chi connectivity index (χ0v) is 12.7. The lowest BCUT2D eigenvalue weighted by atomic mass is 10.0. The van der Waals surface area contributed by atoms with E-state index in [1.54, 1.807) is 11.8 Å². The Morgan fingerprint density at radius 1 is 0.824 bits per heavy atom. The van der Waals surface area contributed by atoms with Gasteiger partial charge in [0.1, 0.15) is 0 Å². The first-order chi connectivity index (χ1) is 8.33. The van der Waals surface area contributed by atoms with Crippen LogP contribution < -0.4 is 0 Å². The molecule has 100 valence electrons. The van der Waals surface area contributed by atoms with Gasteiger partial charge in [0.2, 0.25) is 4.45 Å². The molecule has 1 fully saturated rings. The van der Waals surface area contributed by atoms with Crippen LogP contribution in [0, 0.1) is 0 Å². The maximum Gasteiger partial charge on any atom is 0.246 e. The smallest absolute Gasteiger partial charge is 0.246 e. The van der Waals surface area contributed by atoms with Gasteiger partial charge in [0.15, 0.2) is 0 Å². The third-order valence-electron chi connectivity index (χ3n) is 3.48. The lowest BCUT2D eigenvalue weighted by molar-refractivity contribution is 0.276. The molecule has 0 unspecified atom stereocenters. The summed E-state index contributed by atoms with van der Waals surface area (Å²) in [6, 6.07) is 0. The number of carbonyl (C=O) groups is 1. The summed E-state index contributed by atoms with van der Waals surface area (Å²) in [5.41, 5.74) is 0. The molecule has 0 bridgehead atoms. The maximum atomic E-state index is 11.5. The van der Waals surface area contributed by atoms with Crippen molar-refractivity contribution in [2.75, 3.05) is 6.26 Å². The molecule has 0 saturated heterocycles. The predicted octanol–water partition coefficient (Wildman–Crippen LogP) is 5.88. The quantitative estimate of drug-likeness (QED) is 0.594. The zero-order valence-electron chi connectivity index (χ0n) is 11.1. The molecule has 0 aromatic rings. The van der Waals surface area contributed by atoms with Gasteiger partial charge in [-0.05, 0) is 19.1 Å². The van der Waals surface area contributed by atoms with Gasteiger partial charge in [-0.3, -0.25) is 4.79 Å². The molecule has 3 heteroatoms. The molecule has 1 rings (SSSR count). The fraction of sp³-hybridized carbons (Fsp3) is 0.929. The number of hydrogen-bond donors (Lipinski definition) is 0. The summed E-state index contributed by atoms with van der Waals surface area (Å²) in [5, 5.41) is 0.592. The van der Waals surface area contributed by atoms with Crippen molar-refractivity contribution in [1.29, 1.82) is 0 Å². The van der Waals surface area contributed by atoms with E-state index >= 15 is 0 Å². The van der Waals surface area contributed by atoms with E-state index in [0.29, 0.717) is 9.70 Å². The van der Waals surface area contributed by atoms with Crippen LogP contribution >= 0.6 is 23.5 Å². The average Bonchev–Trinajstić information content (AvgIpc) is 2.32. The van der Waals surface area contributed by atoms with Crippen LogP contribution in [0.2, 0.25) is 0 Å². The first-order valence-electron chi connectivity index (χ1n) is 7.07. The Balaban J connectivity index is 2.29. The van der Waals surface area contributed by atoms with Crippen LogP contribution in [0.25, 0.3) is 0 Å². The van der Waals surface area contributed by atoms with Gasteiger partial charge in [-0.25, -0.2) is 0 Å². The fourth-order valence-corrected chi connectivity index (χ4v) is 4.06. The van der Waals surface area contributed by atoms with Crippen molar-refractivity contribution >= 4 is 28.0 Å². The Kier molecular flexibility index (Phi) is 9.35. The van der Waals surface area contributed by atoms with Gasteiger partial charge in [0.25, 0.3) is 0 Å². The van der Waals surface area contributed by atoms with E-state index in [1.165, 1.54) is 82.4 Å². The molecular weight excluding hydrogens is 248 g/mol. The van der Waals surface area contributed by atoms with Crippen molar-refractivity contribution in [1.82, 2.24) is 0 Å². The topological polar surface area (TPSA) is 17.1 Å². The Morgan fingerprint density at radius 2 is 1.24 bits per heavy atom. The van der Waals surface area contributed by atoms with Crippen LogP contribution in [0.4, 0.5) is 4.79 Å². The number of carbonyl (C=O) groups excluding carboxylic acids is 1. The maximum absolute atomic E-state index is 11.5. The van der Waals surface area contributed by atoms with Crippen molar-refractivity contribution in [2.45, 2.75) is 75.9 Å². The molecule has 0 aromatic heterocycles. The summed E-state index contributed by atoms with van der Waals surface area (Å²) in [4.78, 5) is 11.5. The molecule has 0 heterocycles. The first-order valence-corrected chi connectivity index (χ1v) is 9.18. The van der Waals surface area contributed by atoms with Gasteiger partial charge in [-0.15, -0.1) is 0 Å². The van der Waals surface area contributed by atoms with Crippen LogP contribution in [-0.4, -0.2) is 16.0 Å². The van der Waals surface area contributed by atoms with Crippen LogP contribution in [0.3, 0.4) is 0 Å². The number of thioether (sulfide) groups is 2. The highest BCUT2D eigenvalue weighted by Crippen LogP contribution is 2.28. The minimum atomic E-state index is 0.307. The summed E-state index contributed by atoms with van der Waals surface area (Å²) in [5.74, 6) is 0. The second-order valence-electron chi connectivity index (χ2n) is 4.95. The first kappa shape index (κ1) is 15.4. The highest BCUT2D eigenvalue weighted by molar-refractivity contribution is 8.38. The molecule has 0 aromatic carbocycles. The van der Waals surface area contributed by atoms with Crippen molar-refractivity contribution in [3.8, 4) is 0 Å². The van der Waals surface area contributed by atoms with Crippen LogP contribution in [-0.2, 0) is 0 Å². The van der Waals surface area contributed by atoms with Gasteiger partial charge in [0, 0.05) is 5.25 Å². The highest BCUT2D eigenvalue weighted by Gasteiger charge is 2.14. The predicted molar refractivity (Wildman–Crippen MR) is 81.1 cm³/mol. The van der Waals surface area contributed by atoms with E-state index in [-0.39, 0.29) is 0 Å². The van der Waals surface area contributed by atoms with Gasteiger partial charge in [-0.1, -0.05) is 81.3 Å². The van der Waals surface area contributed by atoms with Crippen molar-refractivity contribution < 1.29 is 4.79 Å². The summed E-state index contributed by atoms with van der Waals surface area (Å²) in [6.07, 6.45) is 16.8. The monoisotopic (exact) mass is 274 g/mol. The SMILES string of the molecule is CSC(=O)SC1CCCCCCCCCCC1. The van der Waals surface area contributed by atoms with Crippen molar-refractivity contribution in [3.05, 3.63) is 0 Å². The van der Waals surface area contributed by atoms with Crippen LogP contribution in [0.15, 0.2) is 0 Å². The molecule has 1 saturated carbocycles. The van der Waals surface area contributed by atoms with E-state index in [0.717, 1.165) is 0 Å². The van der Waals surface area contributed by atoms with E-state index in [9.17, 15) is 4.79 Å². The van der Waals surface area contributed by atoms with E-state index in [4.69, 9.17) is 0 Å². The molecular formula is C14H26OS2. The normalized spacial score (nSPS) is 21.5. The largest absolute Gasteiger partial charge is 0.274 e. The molecule has 0 spiro atoms. The summed E-state index contributed by atoms with van der Waals surface area (Å²) in [6.45, 7) is 0. The number of rotatable bonds is 1. The third-order valence-corrected chi connectivity index (χ3v) is 5.60. The average molecular weight is 274 g/mol. The van der Waals surface area contributed by atoms with Gasteiger partial charge in [0.05, 0.1) is 0 Å². The van der Waals surface area contributed by atoms with E-state index < -0.39 is 0 Å². The Bertz CT molecular complexity index is 194. The Hall–Kier alpha value is 0.370. The van der Waals surface area contributed by atoms with Gasteiger partial charge in [-0.2, -0.15) is 0 Å². The second kappa shape index (κ2) is 10.3. The fourth-order valence-electron chi connectivity index (χ4n) is 2.43. The molecule has 17 heavy (non-hydrogen) atoms. The number of hydrogen-bond acceptors (Lipinski definition) is 3. The molecule has 0 N–H and O–H groups in total. The van der Waals surface area contributed by atoms with E-state index in [1.807, 2.05) is 6.26 Å². The molecule has 0 atom stereocenters. The van der Waals surface area contributed by atoms with Crippen molar-refractivity contribution in [2.24, 2.45) is 0 Å². The molecule has 0 amide bonds. The molecule has 1 aliphatic carbocycles. The van der Waals surface area contributed by atoms with Gasteiger partial charge < -0.3 is 0 Å². The Labute approximate surface area is 115 Å². The van der Waals surface area contributed by atoms with Crippen molar-refractivity contribution in [3.63, 3.8) is 0 Å². The standard InChI is InChI=1S/C14H26OS2/c1-16-14(15)17-13-11-9-7-5-3-2-4-6-8-10-12-13/h13H,2-12H2,1H3. The molecule has 0 radical (unpaired) electrons.